The minimum absolute atomic E-state index is 0. The van der Waals surface area contributed by atoms with Crippen molar-refractivity contribution in [2.45, 2.75) is 119 Å². The van der Waals surface area contributed by atoms with E-state index in [-0.39, 0.29) is 154 Å². The van der Waals surface area contributed by atoms with Gasteiger partial charge in [0.25, 0.3) is 0 Å². The molecule has 0 aromatic heterocycles. The largest absolute Gasteiger partial charge is 1.00 e. The molecule has 0 nitrogen and oxygen atoms in total. The molecule has 3 aromatic rings. The molecule has 0 heterocycles. The Bertz CT molecular complexity index is 815. The van der Waals surface area contributed by atoms with Gasteiger partial charge in [0.1, 0.15) is 0 Å². The van der Waals surface area contributed by atoms with Crippen LogP contribution >= 0.6 is 0 Å². The van der Waals surface area contributed by atoms with Crippen molar-refractivity contribution in [3.05, 3.63) is 106 Å². The van der Waals surface area contributed by atoms with Gasteiger partial charge in [-0.2, -0.15) is 106 Å². The van der Waals surface area contributed by atoms with E-state index in [4.69, 9.17) is 0 Å². The average molecular weight is 601 g/mol. The molecule has 0 atom stereocenters. The van der Waals surface area contributed by atoms with Gasteiger partial charge in [0, 0.05) is 0 Å². The van der Waals surface area contributed by atoms with E-state index in [9.17, 15) is 0 Å². The van der Waals surface area contributed by atoms with Gasteiger partial charge in [-0.05, 0) is 23.7 Å². The maximum absolute atomic E-state index is 3.26. The molecule has 39 heavy (non-hydrogen) atoms. The van der Waals surface area contributed by atoms with Crippen molar-refractivity contribution < 1.29 is 154 Å². The van der Waals surface area contributed by atoms with E-state index < -0.39 is 0 Å². The molecular weight excluding hydrogens is 550 g/mol. The Hall–Kier alpha value is 2.57. The fourth-order valence-corrected chi connectivity index (χ4v) is 3.57. The quantitative estimate of drug-likeness (QED) is 0.301. The maximum atomic E-state index is 3.26. The summed E-state index contributed by atoms with van der Waals surface area (Å²) in [6.45, 7) is 26.6. The molecule has 0 radical (unpaired) electrons. The van der Waals surface area contributed by atoms with Crippen LogP contribution in [0.1, 0.15) is 152 Å². The number of rotatable bonds is 6. The second kappa shape index (κ2) is 24.8. The summed E-state index contributed by atoms with van der Waals surface area (Å²) < 4.78 is 0. The van der Waals surface area contributed by atoms with Crippen LogP contribution in [0.2, 0.25) is 0 Å². The van der Waals surface area contributed by atoms with Gasteiger partial charge in [-0.1, -0.05) is 94.9 Å². The molecule has 3 rings (SSSR count). The predicted molar refractivity (Wildman–Crippen MR) is 160 cm³/mol. The summed E-state index contributed by atoms with van der Waals surface area (Å²) in [7, 11) is 0. The first-order valence-corrected chi connectivity index (χ1v) is 13.9. The SMILES string of the molecule is CC(C)c1[c-]ccc(C(C)C)c1.CC(C)c1[c-]ccc(C(C)C)c1.CC(C)c1c[c-]cc(C(C)C)c1.[K+].[K+].[K+]. The third kappa shape index (κ3) is 18.9. The Labute approximate surface area is 371 Å². The van der Waals surface area contributed by atoms with Crippen LogP contribution in [-0.2, 0) is 0 Å². The maximum Gasteiger partial charge on any atom is 1.00 e. The number of hydrogen-bond acceptors (Lipinski definition) is 0. The van der Waals surface area contributed by atoms with Crippen LogP contribution in [0, 0.1) is 18.2 Å². The molecule has 0 unspecified atom stereocenters. The third-order valence-electron chi connectivity index (χ3n) is 6.44. The number of hydrogen-bond donors (Lipinski definition) is 0. The van der Waals surface area contributed by atoms with Crippen molar-refractivity contribution in [1.82, 2.24) is 0 Å². The first-order valence-electron chi connectivity index (χ1n) is 13.9. The third-order valence-corrected chi connectivity index (χ3v) is 6.44. The second-order valence-electron chi connectivity index (χ2n) is 11.7. The fraction of sp³-hybridized carbons (Fsp3) is 0.500. The van der Waals surface area contributed by atoms with E-state index in [1.54, 1.807) is 0 Å². The van der Waals surface area contributed by atoms with Gasteiger partial charge in [-0.25, -0.2) is 0 Å². The zero-order valence-electron chi connectivity index (χ0n) is 28.2. The predicted octanol–water partition coefficient (Wildman–Crippen LogP) is 2.21. The molecule has 0 fully saturated rings. The molecule has 3 heteroatoms. The van der Waals surface area contributed by atoms with Gasteiger partial charge < -0.3 is 0 Å². The molecular formula is C36H51K3. The Kier molecular flexibility index (Phi) is 29.3. The summed E-state index contributed by atoms with van der Waals surface area (Å²) in [5, 5.41) is 0. The van der Waals surface area contributed by atoms with Gasteiger partial charge in [-0.15, -0.1) is 0 Å². The smallest absolute Gasteiger partial charge is 0.183 e. The zero-order chi connectivity index (χ0) is 27.4. The van der Waals surface area contributed by atoms with Gasteiger partial charge >= 0.3 is 154 Å². The molecule has 0 aliphatic heterocycles. The van der Waals surface area contributed by atoms with Crippen molar-refractivity contribution in [2.75, 3.05) is 0 Å². The molecule has 0 spiro atoms. The van der Waals surface area contributed by atoms with Gasteiger partial charge in [0.15, 0.2) is 0 Å². The summed E-state index contributed by atoms with van der Waals surface area (Å²) in [6.07, 6.45) is 0. The van der Waals surface area contributed by atoms with Crippen LogP contribution in [-0.4, -0.2) is 0 Å². The molecule has 198 valence electrons. The van der Waals surface area contributed by atoms with E-state index in [0.717, 1.165) is 0 Å². The van der Waals surface area contributed by atoms with Crippen LogP contribution in [0.5, 0.6) is 0 Å². The van der Waals surface area contributed by atoms with Crippen molar-refractivity contribution >= 4 is 0 Å². The Morgan fingerprint density at radius 1 is 0.410 bits per heavy atom. The topological polar surface area (TPSA) is 0 Å². The van der Waals surface area contributed by atoms with E-state index in [1.807, 2.05) is 12.1 Å². The molecule has 0 bridgehead atoms. The molecule has 3 aromatic carbocycles. The Morgan fingerprint density at radius 2 is 0.718 bits per heavy atom. The molecule has 0 aliphatic rings. The molecule has 0 aliphatic carbocycles. The van der Waals surface area contributed by atoms with E-state index in [0.29, 0.717) is 35.5 Å². The van der Waals surface area contributed by atoms with Crippen molar-refractivity contribution in [3.63, 3.8) is 0 Å². The average Bonchev–Trinajstić information content (AvgIpc) is 2.85. The normalized spacial score (nSPS) is 10.3. The van der Waals surface area contributed by atoms with E-state index in [2.05, 4.69) is 144 Å². The van der Waals surface area contributed by atoms with Crippen LogP contribution in [0.3, 0.4) is 0 Å². The standard InChI is InChI=1S/3C12H17.3K/c3*1-9(2)11-6-5-7-12(8-11)10(3)4;;;/h6-10H,1-4H3;2*5-6,8-10H,1-4H3;;;/q3*-1;3*+1. The Balaban J connectivity index is -0.000000480. The molecule has 0 saturated heterocycles. The zero-order valence-corrected chi connectivity index (χ0v) is 37.5. The summed E-state index contributed by atoms with van der Waals surface area (Å²) in [4.78, 5) is 0. The van der Waals surface area contributed by atoms with Crippen LogP contribution in [0.15, 0.2) is 54.6 Å². The Morgan fingerprint density at radius 3 is 0.974 bits per heavy atom. The van der Waals surface area contributed by atoms with Gasteiger partial charge in [0.05, 0.1) is 0 Å². The van der Waals surface area contributed by atoms with E-state index >= 15 is 0 Å². The van der Waals surface area contributed by atoms with E-state index in [1.165, 1.54) is 33.4 Å². The summed E-state index contributed by atoms with van der Waals surface area (Å²) >= 11 is 0. The summed E-state index contributed by atoms with van der Waals surface area (Å²) in [6, 6.07) is 29.0. The second-order valence-corrected chi connectivity index (χ2v) is 11.7. The van der Waals surface area contributed by atoms with Crippen LogP contribution in [0.4, 0.5) is 0 Å². The van der Waals surface area contributed by atoms with Gasteiger partial charge in [-0.3, -0.25) is 0 Å². The van der Waals surface area contributed by atoms with Crippen molar-refractivity contribution in [3.8, 4) is 0 Å². The molecule has 0 saturated carbocycles. The van der Waals surface area contributed by atoms with Crippen LogP contribution in [0.25, 0.3) is 0 Å². The monoisotopic (exact) mass is 600 g/mol. The van der Waals surface area contributed by atoms with Crippen molar-refractivity contribution in [1.29, 1.82) is 0 Å². The number of benzene rings is 3. The fourth-order valence-electron chi connectivity index (χ4n) is 3.57. The molecule has 0 N–H and O–H groups in total. The minimum Gasteiger partial charge on any atom is -0.183 e. The van der Waals surface area contributed by atoms with Gasteiger partial charge in [0.2, 0.25) is 0 Å². The van der Waals surface area contributed by atoms with Crippen molar-refractivity contribution in [2.24, 2.45) is 0 Å². The first-order chi connectivity index (χ1) is 16.8. The first kappa shape index (κ1) is 46.0. The van der Waals surface area contributed by atoms with Crippen LogP contribution < -0.4 is 154 Å². The molecule has 0 amide bonds. The minimum atomic E-state index is 0. The summed E-state index contributed by atoms with van der Waals surface area (Å²) in [5.74, 6) is 3.64. The summed E-state index contributed by atoms with van der Waals surface area (Å²) in [5.41, 5.74) is 8.25.